The van der Waals surface area contributed by atoms with Crippen LogP contribution >= 0.6 is 0 Å². The molecule has 3 heteroatoms. The zero-order chi connectivity index (χ0) is 11.1. The lowest BCUT2D eigenvalue weighted by molar-refractivity contribution is -0.120. The van der Waals surface area contributed by atoms with Gasteiger partial charge in [0.1, 0.15) is 0 Å². The Morgan fingerprint density at radius 1 is 1.40 bits per heavy atom. The number of benzene rings is 1. The fourth-order valence-corrected chi connectivity index (χ4v) is 1.38. The quantitative estimate of drug-likeness (QED) is 0.723. The van der Waals surface area contributed by atoms with E-state index in [4.69, 9.17) is 7.85 Å². The molecule has 1 amide bonds. The van der Waals surface area contributed by atoms with Gasteiger partial charge in [-0.25, -0.2) is 0 Å². The summed E-state index contributed by atoms with van der Waals surface area (Å²) >= 11 is 0. The first-order chi connectivity index (χ1) is 7.26. The monoisotopic (exact) mass is 201 g/mol. The minimum Gasteiger partial charge on any atom is -0.352 e. The third-order valence-electron chi connectivity index (χ3n) is 2.26. The Morgan fingerprint density at radius 2 is 2.13 bits per heavy atom. The molecule has 1 aromatic carbocycles. The van der Waals surface area contributed by atoms with E-state index in [1.807, 2.05) is 12.1 Å². The molecule has 0 heterocycles. The summed E-state index contributed by atoms with van der Waals surface area (Å²) in [6.07, 6.45) is 1.82. The molecule has 2 nitrogen and oxygen atoms in total. The topological polar surface area (TPSA) is 29.1 Å². The molecule has 0 fully saturated rings. The highest BCUT2D eigenvalue weighted by atomic mass is 16.1. The lowest BCUT2D eigenvalue weighted by Gasteiger charge is -2.05. The minimum atomic E-state index is 0.0133. The molecule has 0 atom stereocenters. The van der Waals surface area contributed by atoms with Crippen LogP contribution in [0.25, 0.3) is 0 Å². The van der Waals surface area contributed by atoms with Crippen molar-refractivity contribution in [3.05, 3.63) is 35.4 Å². The number of amides is 1. The van der Waals surface area contributed by atoms with Crippen molar-refractivity contribution in [2.24, 2.45) is 0 Å². The van der Waals surface area contributed by atoms with E-state index in [9.17, 15) is 4.79 Å². The fraction of sp³-hybridized carbons (Fsp3) is 0.417. The molecule has 0 spiro atoms. The zero-order valence-electron chi connectivity index (χ0n) is 9.12. The molecule has 15 heavy (non-hydrogen) atoms. The molecule has 1 aromatic rings. The van der Waals surface area contributed by atoms with E-state index < -0.39 is 0 Å². The second kappa shape index (κ2) is 6.28. The molecule has 0 saturated heterocycles. The Hall–Kier alpha value is -1.25. The lowest BCUT2D eigenvalue weighted by Crippen LogP contribution is -2.22. The molecule has 0 aliphatic rings. The van der Waals surface area contributed by atoms with Crippen molar-refractivity contribution in [1.29, 1.82) is 0 Å². The van der Waals surface area contributed by atoms with Crippen LogP contribution < -0.4 is 5.32 Å². The summed E-state index contributed by atoms with van der Waals surface area (Å²) in [5.41, 5.74) is 2.43. The van der Waals surface area contributed by atoms with Crippen molar-refractivity contribution in [2.75, 3.05) is 0 Å². The average molecular weight is 201 g/mol. The average Bonchev–Trinajstić information content (AvgIpc) is 2.27. The van der Waals surface area contributed by atoms with E-state index in [1.165, 1.54) is 5.56 Å². The van der Waals surface area contributed by atoms with Gasteiger partial charge < -0.3 is 5.32 Å². The highest BCUT2D eigenvalue weighted by Gasteiger charge is 1.99. The third-order valence-corrected chi connectivity index (χ3v) is 2.26. The van der Waals surface area contributed by atoms with E-state index in [0.29, 0.717) is 19.3 Å². The minimum absolute atomic E-state index is 0.0133. The first-order valence-corrected chi connectivity index (χ1v) is 5.31. The van der Waals surface area contributed by atoms with Crippen LogP contribution in [0, 0.1) is 0 Å². The van der Waals surface area contributed by atoms with E-state index >= 15 is 0 Å². The van der Waals surface area contributed by atoms with Gasteiger partial charge in [0.25, 0.3) is 0 Å². The smallest absolute Gasteiger partial charge is 0.219 e. The zero-order valence-corrected chi connectivity index (χ0v) is 9.12. The second-order valence-electron chi connectivity index (χ2n) is 3.49. The van der Waals surface area contributed by atoms with Crippen LogP contribution in [0.3, 0.4) is 0 Å². The van der Waals surface area contributed by atoms with Gasteiger partial charge in [-0.15, -0.1) is 0 Å². The van der Waals surface area contributed by atoms with E-state index in [1.54, 1.807) is 0 Å². The first kappa shape index (κ1) is 11.8. The van der Waals surface area contributed by atoms with Gasteiger partial charge in [-0.1, -0.05) is 37.5 Å². The van der Waals surface area contributed by atoms with Crippen LogP contribution in [0.1, 0.15) is 24.5 Å². The van der Waals surface area contributed by atoms with Crippen LogP contribution in [0.2, 0.25) is 6.32 Å². The van der Waals surface area contributed by atoms with Crippen molar-refractivity contribution in [1.82, 2.24) is 5.32 Å². The predicted molar refractivity (Wildman–Crippen MR) is 62.8 cm³/mol. The van der Waals surface area contributed by atoms with Crippen molar-refractivity contribution in [3.63, 3.8) is 0 Å². The van der Waals surface area contributed by atoms with Gasteiger partial charge in [0, 0.05) is 13.0 Å². The van der Waals surface area contributed by atoms with Gasteiger partial charge in [0.05, 0.1) is 7.85 Å². The molecule has 0 bridgehead atoms. The molecule has 78 valence electrons. The number of carbonyl (C=O) groups is 1. The SMILES string of the molecule is [B]CCC(=O)NCc1cccc(CC)c1. The van der Waals surface area contributed by atoms with Crippen LogP contribution in [0.5, 0.6) is 0 Å². The van der Waals surface area contributed by atoms with E-state index in [0.717, 1.165) is 12.0 Å². The molecule has 0 aliphatic heterocycles. The van der Waals surface area contributed by atoms with Crippen molar-refractivity contribution < 1.29 is 4.79 Å². The maximum absolute atomic E-state index is 11.2. The summed E-state index contributed by atoms with van der Waals surface area (Å²) in [4.78, 5) is 11.2. The Morgan fingerprint density at radius 3 is 2.80 bits per heavy atom. The van der Waals surface area contributed by atoms with Crippen LogP contribution in [-0.4, -0.2) is 13.8 Å². The highest BCUT2D eigenvalue weighted by Crippen LogP contribution is 2.05. The molecule has 0 aliphatic carbocycles. The van der Waals surface area contributed by atoms with Crippen LogP contribution in [-0.2, 0) is 17.8 Å². The number of nitrogens with one attached hydrogen (secondary N) is 1. The number of rotatable bonds is 5. The number of hydrogen-bond donors (Lipinski definition) is 1. The van der Waals surface area contributed by atoms with Crippen molar-refractivity contribution in [2.45, 2.75) is 32.6 Å². The molecule has 0 unspecified atom stereocenters. The first-order valence-electron chi connectivity index (χ1n) is 5.31. The fourth-order valence-electron chi connectivity index (χ4n) is 1.38. The molecule has 1 rings (SSSR count). The largest absolute Gasteiger partial charge is 0.352 e. The van der Waals surface area contributed by atoms with Gasteiger partial charge in [0.2, 0.25) is 5.91 Å². The third kappa shape index (κ3) is 4.19. The molecular weight excluding hydrogens is 185 g/mol. The molecule has 2 radical (unpaired) electrons. The summed E-state index contributed by atoms with van der Waals surface area (Å²) < 4.78 is 0. The van der Waals surface area contributed by atoms with Crippen LogP contribution in [0.15, 0.2) is 24.3 Å². The van der Waals surface area contributed by atoms with Gasteiger partial charge in [0.15, 0.2) is 0 Å². The number of hydrogen-bond acceptors (Lipinski definition) is 1. The maximum Gasteiger partial charge on any atom is 0.219 e. The standard InChI is InChI=1S/C12H16BNO/c1-2-10-4-3-5-11(8-10)9-14-12(15)6-7-13/h3-5,8H,2,6-7,9H2,1H3,(H,14,15). The maximum atomic E-state index is 11.2. The van der Waals surface area contributed by atoms with E-state index in [2.05, 4.69) is 24.4 Å². The van der Waals surface area contributed by atoms with Crippen molar-refractivity contribution >= 4 is 13.8 Å². The summed E-state index contributed by atoms with van der Waals surface area (Å²) in [5, 5.41) is 2.83. The Bertz CT molecular complexity index is 325. The summed E-state index contributed by atoms with van der Waals surface area (Å²) in [6.45, 7) is 2.71. The molecule has 0 aromatic heterocycles. The van der Waals surface area contributed by atoms with Gasteiger partial charge in [-0.2, -0.15) is 0 Å². The second-order valence-corrected chi connectivity index (χ2v) is 3.49. The molecule has 1 N–H and O–H groups in total. The van der Waals surface area contributed by atoms with Gasteiger partial charge >= 0.3 is 0 Å². The molecule has 0 saturated carbocycles. The number of aryl methyl sites for hydroxylation is 1. The highest BCUT2D eigenvalue weighted by molar-refractivity contribution is 6.09. The predicted octanol–water partition coefficient (Wildman–Crippen LogP) is 1.84. The van der Waals surface area contributed by atoms with Gasteiger partial charge in [-0.05, 0) is 17.5 Å². The molecular formula is C12H16BNO. The van der Waals surface area contributed by atoms with E-state index in [-0.39, 0.29) is 5.91 Å². The van der Waals surface area contributed by atoms with Gasteiger partial charge in [-0.3, -0.25) is 4.79 Å². The number of carbonyl (C=O) groups excluding carboxylic acids is 1. The Balaban J connectivity index is 2.46. The Labute approximate surface area is 92.5 Å². The lowest BCUT2D eigenvalue weighted by atomic mass is 10.0. The van der Waals surface area contributed by atoms with Crippen LogP contribution in [0.4, 0.5) is 0 Å². The summed E-state index contributed by atoms with van der Waals surface area (Å²) in [7, 11) is 5.28. The van der Waals surface area contributed by atoms with Crippen molar-refractivity contribution in [3.8, 4) is 0 Å². The Kier molecular flexibility index (Phi) is 4.95. The summed E-state index contributed by atoms with van der Waals surface area (Å²) in [6, 6.07) is 8.24. The normalized spacial score (nSPS) is 9.93. The summed E-state index contributed by atoms with van der Waals surface area (Å²) in [5.74, 6) is 0.0133.